The van der Waals surface area contributed by atoms with Gasteiger partial charge in [0.2, 0.25) is 5.88 Å². The van der Waals surface area contributed by atoms with Crippen molar-refractivity contribution in [3.63, 3.8) is 0 Å². The Morgan fingerprint density at radius 2 is 1.90 bits per heavy atom. The third-order valence-corrected chi connectivity index (χ3v) is 4.98. The van der Waals surface area contributed by atoms with E-state index in [2.05, 4.69) is 17.0 Å². The van der Waals surface area contributed by atoms with E-state index in [1.54, 1.807) is 35.1 Å². The molecule has 0 radical (unpaired) electrons. The predicted molar refractivity (Wildman–Crippen MR) is 119 cm³/mol. The van der Waals surface area contributed by atoms with E-state index >= 15 is 0 Å². The minimum Gasteiger partial charge on any atom is -0.478 e. The first-order valence-electron chi connectivity index (χ1n) is 9.86. The molecule has 1 aromatic heterocycles. The molecule has 3 rings (SSSR count). The van der Waals surface area contributed by atoms with Crippen molar-refractivity contribution < 1.29 is 9.53 Å². The van der Waals surface area contributed by atoms with Crippen LogP contribution in [-0.2, 0) is 11.2 Å². The van der Waals surface area contributed by atoms with Gasteiger partial charge in [-0.3, -0.25) is 4.79 Å². The molecule has 3 aromatic rings. The van der Waals surface area contributed by atoms with E-state index in [9.17, 15) is 4.79 Å². The highest BCUT2D eigenvalue weighted by Crippen LogP contribution is 2.21. The maximum absolute atomic E-state index is 12.5. The Bertz CT molecular complexity index is 1070. The average molecular weight is 444 g/mol. The Morgan fingerprint density at radius 3 is 2.63 bits per heavy atom. The molecule has 0 aliphatic heterocycles. The third-order valence-electron chi connectivity index (χ3n) is 4.39. The van der Waals surface area contributed by atoms with Gasteiger partial charge in [-0.2, -0.15) is 5.10 Å². The number of hydrogen-bond donors (Lipinski definition) is 0. The van der Waals surface area contributed by atoms with Crippen LogP contribution in [0.4, 0.5) is 0 Å². The van der Waals surface area contributed by atoms with Crippen LogP contribution in [-0.4, -0.2) is 22.3 Å². The molecular weight excluding hydrogens is 421 g/mol. The smallest absolute Gasteiger partial charge is 0.250 e. The van der Waals surface area contributed by atoms with Crippen LogP contribution in [0.3, 0.4) is 0 Å². The third kappa shape index (κ3) is 6.18. The minimum atomic E-state index is -0.324. The Labute approximate surface area is 185 Å². The lowest BCUT2D eigenvalue weighted by molar-refractivity contribution is -0.117. The molecule has 7 heteroatoms. The first-order chi connectivity index (χ1) is 14.6. The summed E-state index contributed by atoms with van der Waals surface area (Å²) in [4.78, 5) is 16.6. The zero-order valence-electron chi connectivity index (χ0n) is 16.7. The molecule has 1 amide bonds. The second-order valence-corrected chi connectivity index (χ2v) is 7.62. The van der Waals surface area contributed by atoms with E-state index in [1.165, 1.54) is 0 Å². The summed E-state index contributed by atoms with van der Waals surface area (Å²) in [6, 6.07) is 16.5. The molecule has 1 heterocycles. The van der Waals surface area contributed by atoms with Crippen LogP contribution >= 0.6 is 23.2 Å². The first-order valence-corrected chi connectivity index (χ1v) is 10.6. The molecule has 0 N–H and O–H groups in total. The molecule has 0 spiro atoms. The van der Waals surface area contributed by atoms with E-state index in [-0.39, 0.29) is 12.3 Å². The number of benzene rings is 2. The van der Waals surface area contributed by atoms with Crippen LogP contribution in [0.5, 0.6) is 5.88 Å². The number of carbonyl (C=O) groups excluding carboxylic acids is 1. The van der Waals surface area contributed by atoms with Gasteiger partial charge in [0.25, 0.3) is 5.91 Å². The minimum absolute atomic E-state index is 0.0796. The predicted octanol–water partition coefficient (Wildman–Crippen LogP) is 5.42. The van der Waals surface area contributed by atoms with Crippen molar-refractivity contribution in [2.45, 2.75) is 32.6 Å². The molecule has 0 saturated heterocycles. The van der Waals surface area contributed by atoms with Crippen LogP contribution in [0.15, 0.2) is 65.8 Å². The number of ether oxygens (including phenoxy) is 1. The summed E-state index contributed by atoms with van der Waals surface area (Å²) >= 11 is 12.1. The normalized spacial score (nSPS) is 11.5. The number of aromatic nitrogens is 2. The van der Waals surface area contributed by atoms with Crippen molar-refractivity contribution in [1.29, 1.82) is 0 Å². The number of halogens is 2. The van der Waals surface area contributed by atoms with Gasteiger partial charge in [-0.05, 0) is 36.2 Å². The van der Waals surface area contributed by atoms with Crippen LogP contribution in [0.1, 0.15) is 31.7 Å². The molecule has 0 aliphatic carbocycles. The van der Waals surface area contributed by atoms with Crippen LogP contribution in [0, 0.1) is 0 Å². The largest absolute Gasteiger partial charge is 0.478 e. The highest BCUT2D eigenvalue weighted by Gasteiger charge is 2.09. The van der Waals surface area contributed by atoms with Crippen molar-refractivity contribution in [2.24, 2.45) is 4.99 Å². The fourth-order valence-corrected chi connectivity index (χ4v) is 3.34. The summed E-state index contributed by atoms with van der Waals surface area (Å²) in [6.45, 7) is 2.71. The van der Waals surface area contributed by atoms with Crippen molar-refractivity contribution in [3.8, 4) is 11.6 Å². The van der Waals surface area contributed by atoms with Gasteiger partial charge >= 0.3 is 0 Å². The SMILES string of the molecule is CCCCCOc1c/c(=N/C(=O)Cc2ccc(Cl)cc2Cl)cnn1-c1ccccc1. The van der Waals surface area contributed by atoms with Gasteiger partial charge in [0.05, 0.1) is 30.3 Å². The van der Waals surface area contributed by atoms with Crippen LogP contribution < -0.4 is 10.1 Å². The van der Waals surface area contributed by atoms with Gasteiger partial charge in [-0.1, -0.05) is 67.2 Å². The second kappa shape index (κ2) is 11.0. The lowest BCUT2D eigenvalue weighted by Gasteiger charge is -2.13. The van der Waals surface area contributed by atoms with Crippen LogP contribution in [0.2, 0.25) is 10.0 Å². The second-order valence-electron chi connectivity index (χ2n) is 6.77. The average Bonchev–Trinajstić information content (AvgIpc) is 2.74. The summed E-state index contributed by atoms with van der Waals surface area (Å²) < 4.78 is 7.66. The van der Waals surface area contributed by atoms with E-state index in [0.29, 0.717) is 33.5 Å². The van der Waals surface area contributed by atoms with Gasteiger partial charge < -0.3 is 4.74 Å². The Kier molecular flexibility index (Phi) is 8.05. The van der Waals surface area contributed by atoms with Gasteiger partial charge in [0.1, 0.15) is 0 Å². The number of carbonyl (C=O) groups is 1. The zero-order valence-corrected chi connectivity index (χ0v) is 18.2. The summed E-state index contributed by atoms with van der Waals surface area (Å²) in [5.41, 5.74) is 1.54. The van der Waals surface area contributed by atoms with Crippen molar-refractivity contribution in [1.82, 2.24) is 9.78 Å². The molecule has 0 bridgehead atoms. The topological polar surface area (TPSA) is 56.5 Å². The van der Waals surface area contributed by atoms with E-state index in [1.807, 2.05) is 30.3 Å². The Hall–Kier alpha value is -2.63. The number of para-hydroxylation sites is 1. The van der Waals surface area contributed by atoms with E-state index in [4.69, 9.17) is 27.9 Å². The van der Waals surface area contributed by atoms with E-state index < -0.39 is 0 Å². The van der Waals surface area contributed by atoms with Gasteiger partial charge in [-0.15, -0.1) is 0 Å². The molecule has 2 aromatic carbocycles. The van der Waals surface area contributed by atoms with Gasteiger partial charge in [0.15, 0.2) is 0 Å². The van der Waals surface area contributed by atoms with E-state index in [0.717, 1.165) is 24.9 Å². The number of unbranched alkanes of at least 4 members (excludes halogenated alkanes) is 2. The summed E-state index contributed by atoms with van der Waals surface area (Å²) in [5, 5.41) is 5.84. The molecule has 0 atom stereocenters. The first kappa shape index (κ1) is 22.1. The molecule has 0 fully saturated rings. The van der Waals surface area contributed by atoms with Gasteiger partial charge in [-0.25, -0.2) is 9.67 Å². The maximum atomic E-state index is 12.5. The summed E-state index contributed by atoms with van der Waals surface area (Å²) in [5.74, 6) is 0.214. The number of hydrogen-bond acceptors (Lipinski definition) is 3. The molecule has 5 nitrogen and oxygen atoms in total. The standard InChI is InChI=1S/C23H23Cl2N3O2/c1-2-3-7-12-30-23-15-19(16-26-28(23)20-8-5-4-6-9-20)27-22(29)13-17-10-11-18(24)14-21(17)25/h4-6,8-11,14-16H,2-3,7,12-13H2,1H3/b27-19-. The molecular formula is C23H23Cl2N3O2. The molecule has 156 valence electrons. The molecule has 0 saturated carbocycles. The van der Waals surface area contributed by atoms with Crippen molar-refractivity contribution >= 4 is 29.1 Å². The fraction of sp³-hybridized carbons (Fsp3) is 0.261. The molecule has 30 heavy (non-hydrogen) atoms. The van der Waals surface area contributed by atoms with Crippen molar-refractivity contribution in [3.05, 3.63) is 81.8 Å². The van der Waals surface area contributed by atoms with Crippen LogP contribution in [0.25, 0.3) is 5.69 Å². The molecule has 0 unspecified atom stereocenters. The molecule has 0 aliphatic rings. The monoisotopic (exact) mass is 443 g/mol. The van der Waals surface area contributed by atoms with Gasteiger partial charge in [0, 0.05) is 16.1 Å². The lowest BCUT2D eigenvalue weighted by atomic mass is 10.1. The number of rotatable bonds is 8. The zero-order chi connectivity index (χ0) is 21.3. The Morgan fingerprint density at radius 1 is 1.10 bits per heavy atom. The number of nitrogens with zero attached hydrogens (tertiary/aromatic N) is 3. The Balaban J connectivity index is 1.85. The fourth-order valence-electron chi connectivity index (χ4n) is 2.87. The summed E-state index contributed by atoms with van der Waals surface area (Å²) in [7, 11) is 0. The quantitative estimate of drug-likeness (QED) is 0.436. The lowest BCUT2D eigenvalue weighted by Crippen LogP contribution is -2.16. The number of amides is 1. The van der Waals surface area contributed by atoms with Crippen molar-refractivity contribution in [2.75, 3.05) is 6.61 Å². The maximum Gasteiger partial charge on any atom is 0.250 e. The highest BCUT2D eigenvalue weighted by atomic mass is 35.5. The highest BCUT2D eigenvalue weighted by molar-refractivity contribution is 6.35. The summed E-state index contributed by atoms with van der Waals surface area (Å²) in [6.07, 6.45) is 4.77.